The first kappa shape index (κ1) is 20.6. The Kier molecular flexibility index (Phi) is 5.24. The SMILES string of the molecule is Cc1ccc(C)c(/C(O)=C2\C(=O)C(=O)N(c3ccc(C)c(C)c3)C2c2ccccc2)c1. The molecule has 4 rings (SSSR count). The summed E-state index contributed by atoms with van der Waals surface area (Å²) in [6.07, 6.45) is 0. The van der Waals surface area contributed by atoms with Crippen LogP contribution in [0, 0.1) is 27.7 Å². The van der Waals surface area contributed by atoms with Gasteiger partial charge in [0.1, 0.15) is 5.76 Å². The zero-order chi connectivity index (χ0) is 22.3. The van der Waals surface area contributed by atoms with Crippen LogP contribution in [0.4, 0.5) is 5.69 Å². The predicted molar refractivity (Wildman–Crippen MR) is 123 cm³/mol. The van der Waals surface area contributed by atoms with Crippen LogP contribution in [0.1, 0.15) is 39.4 Å². The summed E-state index contributed by atoms with van der Waals surface area (Å²) in [6.45, 7) is 7.79. The van der Waals surface area contributed by atoms with Gasteiger partial charge in [-0.15, -0.1) is 0 Å². The van der Waals surface area contributed by atoms with Crippen molar-refractivity contribution in [2.24, 2.45) is 0 Å². The van der Waals surface area contributed by atoms with Crippen LogP contribution in [-0.2, 0) is 9.59 Å². The number of rotatable bonds is 3. The molecule has 0 radical (unpaired) electrons. The maximum absolute atomic E-state index is 13.2. The highest BCUT2D eigenvalue weighted by Crippen LogP contribution is 2.42. The van der Waals surface area contributed by atoms with Crippen LogP contribution in [0.5, 0.6) is 0 Å². The normalized spacial score (nSPS) is 17.9. The molecule has 4 heteroatoms. The average molecular weight is 412 g/mol. The van der Waals surface area contributed by atoms with E-state index in [4.69, 9.17) is 0 Å². The summed E-state index contributed by atoms with van der Waals surface area (Å²) < 4.78 is 0. The van der Waals surface area contributed by atoms with Gasteiger partial charge in [0.25, 0.3) is 11.7 Å². The molecule has 1 amide bonds. The van der Waals surface area contributed by atoms with Gasteiger partial charge in [0.05, 0.1) is 11.6 Å². The van der Waals surface area contributed by atoms with Gasteiger partial charge in [-0.3, -0.25) is 14.5 Å². The van der Waals surface area contributed by atoms with Crippen molar-refractivity contribution in [2.45, 2.75) is 33.7 Å². The molecule has 1 fully saturated rings. The second-order valence-electron chi connectivity index (χ2n) is 8.17. The first-order chi connectivity index (χ1) is 14.8. The van der Waals surface area contributed by atoms with E-state index in [1.54, 1.807) is 0 Å². The fourth-order valence-corrected chi connectivity index (χ4v) is 4.06. The molecule has 1 atom stereocenters. The number of aliphatic hydroxyl groups is 1. The summed E-state index contributed by atoms with van der Waals surface area (Å²) in [5, 5.41) is 11.3. The summed E-state index contributed by atoms with van der Waals surface area (Å²) >= 11 is 0. The molecule has 1 N–H and O–H groups in total. The topological polar surface area (TPSA) is 57.6 Å². The minimum atomic E-state index is -0.705. The number of aliphatic hydroxyl groups excluding tert-OH is 1. The fraction of sp³-hybridized carbons (Fsp3) is 0.185. The number of Topliss-reactive ketones (excluding diaryl/α,β-unsaturated/α-hetero) is 1. The first-order valence-corrected chi connectivity index (χ1v) is 10.3. The third-order valence-corrected chi connectivity index (χ3v) is 5.98. The highest BCUT2D eigenvalue weighted by atomic mass is 16.3. The molecule has 1 unspecified atom stereocenters. The zero-order valence-electron chi connectivity index (χ0n) is 18.1. The van der Waals surface area contributed by atoms with Crippen molar-refractivity contribution in [3.05, 3.63) is 106 Å². The number of amides is 1. The smallest absolute Gasteiger partial charge is 0.300 e. The van der Waals surface area contributed by atoms with Crippen molar-refractivity contribution < 1.29 is 14.7 Å². The van der Waals surface area contributed by atoms with Crippen molar-refractivity contribution in [3.8, 4) is 0 Å². The van der Waals surface area contributed by atoms with Gasteiger partial charge in [0, 0.05) is 11.3 Å². The van der Waals surface area contributed by atoms with E-state index < -0.39 is 17.7 Å². The lowest BCUT2D eigenvalue weighted by molar-refractivity contribution is -0.132. The Morgan fingerprint density at radius 1 is 0.806 bits per heavy atom. The first-order valence-electron chi connectivity index (χ1n) is 10.3. The maximum atomic E-state index is 13.2. The van der Waals surface area contributed by atoms with Gasteiger partial charge in [-0.05, 0) is 68.1 Å². The highest BCUT2D eigenvalue weighted by molar-refractivity contribution is 6.51. The second-order valence-corrected chi connectivity index (χ2v) is 8.17. The molecule has 1 saturated heterocycles. The fourth-order valence-electron chi connectivity index (χ4n) is 4.06. The Bertz CT molecular complexity index is 1220. The number of benzene rings is 3. The average Bonchev–Trinajstić information content (AvgIpc) is 3.03. The zero-order valence-corrected chi connectivity index (χ0v) is 18.1. The quantitative estimate of drug-likeness (QED) is 0.349. The summed E-state index contributed by atoms with van der Waals surface area (Å²) in [5.41, 5.74) is 6.03. The molecule has 1 aliphatic rings. The van der Waals surface area contributed by atoms with Crippen molar-refractivity contribution >= 4 is 23.1 Å². The van der Waals surface area contributed by atoms with Gasteiger partial charge >= 0.3 is 0 Å². The third-order valence-electron chi connectivity index (χ3n) is 5.98. The number of carbonyl (C=O) groups is 2. The number of hydrogen-bond donors (Lipinski definition) is 1. The third kappa shape index (κ3) is 3.55. The van der Waals surface area contributed by atoms with E-state index in [0.29, 0.717) is 11.3 Å². The standard InChI is InChI=1S/C27H25NO3/c1-16-10-11-18(3)22(14-16)25(29)23-24(20-8-6-5-7-9-20)28(27(31)26(23)30)21-13-12-17(2)19(4)15-21/h5-15,24,29H,1-4H3/b25-23+. The molecule has 0 bridgehead atoms. The molecular weight excluding hydrogens is 386 g/mol. The molecule has 0 spiro atoms. The molecule has 156 valence electrons. The van der Waals surface area contributed by atoms with Crippen molar-refractivity contribution in [1.29, 1.82) is 0 Å². The number of ketones is 1. The Morgan fingerprint density at radius 2 is 1.48 bits per heavy atom. The summed E-state index contributed by atoms with van der Waals surface area (Å²) in [5.74, 6) is -1.45. The lowest BCUT2D eigenvalue weighted by Crippen LogP contribution is -2.29. The molecule has 1 heterocycles. The lowest BCUT2D eigenvalue weighted by Gasteiger charge is -2.26. The monoisotopic (exact) mass is 411 g/mol. The number of nitrogens with zero attached hydrogens (tertiary/aromatic N) is 1. The molecule has 0 aromatic heterocycles. The number of carbonyl (C=O) groups excluding carboxylic acids is 2. The summed E-state index contributed by atoms with van der Waals surface area (Å²) in [6, 6.07) is 20.1. The van der Waals surface area contributed by atoms with Gasteiger partial charge < -0.3 is 5.11 Å². The van der Waals surface area contributed by atoms with Crippen LogP contribution in [0.2, 0.25) is 0 Å². The lowest BCUT2D eigenvalue weighted by atomic mass is 9.93. The van der Waals surface area contributed by atoms with Crippen molar-refractivity contribution in [3.63, 3.8) is 0 Å². The van der Waals surface area contributed by atoms with Gasteiger partial charge in [-0.1, -0.05) is 54.1 Å². The number of hydrogen-bond acceptors (Lipinski definition) is 3. The Hall–Kier alpha value is -3.66. The predicted octanol–water partition coefficient (Wildman–Crippen LogP) is 5.55. The van der Waals surface area contributed by atoms with E-state index in [-0.39, 0.29) is 11.3 Å². The van der Waals surface area contributed by atoms with E-state index in [1.165, 1.54) is 4.90 Å². The highest BCUT2D eigenvalue weighted by Gasteiger charge is 2.47. The van der Waals surface area contributed by atoms with Gasteiger partial charge in [-0.25, -0.2) is 0 Å². The van der Waals surface area contributed by atoms with Crippen LogP contribution < -0.4 is 4.90 Å². The largest absolute Gasteiger partial charge is 0.507 e. The molecule has 1 aliphatic heterocycles. The van der Waals surface area contributed by atoms with E-state index in [0.717, 1.165) is 27.8 Å². The molecular formula is C27H25NO3. The van der Waals surface area contributed by atoms with Gasteiger partial charge in [0.15, 0.2) is 0 Å². The van der Waals surface area contributed by atoms with Crippen molar-refractivity contribution in [1.82, 2.24) is 0 Å². The number of aryl methyl sites for hydroxylation is 4. The molecule has 0 aliphatic carbocycles. The summed E-state index contributed by atoms with van der Waals surface area (Å²) in [4.78, 5) is 27.9. The van der Waals surface area contributed by atoms with Gasteiger partial charge in [0.2, 0.25) is 0 Å². The van der Waals surface area contributed by atoms with Gasteiger partial charge in [-0.2, -0.15) is 0 Å². The van der Waals surface area contributed by atoms with Crippen molar-refractivity contribution in [2.75, 3.05) is 4.90 Å². The van der Waals surface area contributed by atoms with E-state index in [1.807, 2.05) is 94.4 Å². The van der Waals surface area contributed by atoms with Crippen LogP contribution in [-0.4, -0.2) is 16.8 Å². The summed E-state index contributed by atoms with van der Waals surface area (Å²) in [7, 11) is 0. The minimum absolute atomic E-state index is 0.114. The van der Waals surface area contributed by atoms with Crippen LogP contribution in [0.25, 0.3) is 5.76 Å². The van der Waals surface area contributed by atoms with E-state index in [2.05, 4.69) is 0 Å². The number of anilines is 1. The second kappa shape index (κ2) is 7.88. The van der Waals surface area contributed by atoms with E-state index >= 15 is 0 Å². The Morgan fingerprint density at radius 3 is 2.16 bits per heavy atom. The maximum Gasteiger partial charge on any atom is 0.300 e. The van der Waals surface area contributed by atoms with Crippen LogP contribution in [0.15, 0.2) is 72.3 Å². The Balaban J connectivity index is 1.98. The molecule has 3 aromatic rings. The molecule has 31 heavy (non-hydrogen) atoms. The van der Waals surface area contributed by atoms with Crippen LogP contribution in [0.3, 0.4) is 0 Å². The minimum Gasteiger partial charge on any atom is -0.507 e. The van der Waals surface area contributed by atoms with Crippen LogP contribution >= 0.6 is 0 Å². The Labute approximate surface area is 182 Å². The molecule has 4 nitrogen and oxygen atoms in total. The van der Waals surface area contributed by atoms with E-state index in [9.17, 15) is 14.7 Å². The molecule has 3 aromatic carbocycles. The molecule has 0 saturated carbocycles.